The molecule has 0 amide bonds. The molecular formula is C21H28O8S. The predicted molar refractivity (Wildman–Crippen MR) is 113 cm³/mol. The van der Waals surface area contributed by atoms with E-state index in [-0.39, 0.29) is 12.5 Å². The lowest BCUT2D eigenvalue weighted by Gasteiger charge is -2.22. The summed E-state index contributed by atoms with van der Waals surface area (Å²) in [4.78, 5) is 0. The van der Waals surface area contributed by atoms with Crippen LogP contribution in [0, 0.1) is 0 Å². The van der Waals surface area contributed by atoms with Crippen molar-refractivity contribution in [3.63, 3.8) is 0 Å². The van der Waals surface area contributed by atoms with Crippen LogP contribution in [-0.4, -0.2) is 56.8 Å². The molecule has 0 saturated carbocycles. The van der Waals surface area contributed by atoms with Crippen LogP contribution in [0.15, 0.2) is 30.3 Å². The maximum Gasteiger partial charge on any atom is 0.264 e. The highest BCUT2D eigenvalue weighted by atomic mass is 32.2. The van der Waals surface area contributed by atoms with Crippen molar-refractivity contribution in [3.05, 3.63) is 41.5 Å². The van der Waals surface area contributed by atoms with Crippen molar-refractivity contribution in [2.24, 2.45) is 0 Å². The Hall–Kier alpha value is -2.65. The van der Waals surface area contributed by atoms with E-state index < -0.39 is 10.1 Å². The average molecular weight is 441 g/mol. The highest BCUT2D eigenvalue weighted by Crippen LogP contribution is 2.39. The van der Waals surface area contributed by atoms with Crippen LogP contribution in [0.2, 0.25) is 0 Å². The van der Waals surface area contributed by atoms with Crippen LogP contribution in [-0.2, 0) is 20.7 Å². The summed E-state index contributed by atoms with van der Waals surface area (Å²) in [6.45, 7) is -0.0628. The van der Waals surface area contributed by atoms with E-state index in [4.69, 9.17) is 27.9 Å². The molecule has 0 bridgehead atoms. The molecule has 9 heteroatoms. The van der Waals surface area contributed by atoms with Crippen molar-refractivity contribution >= 4 is 10.1 Å². The Morgan fingerprint density at radius 1 is 0.767 bits per heavy atom. The molecule has 1 atom stereocenters. The molecular weight excluding hydrogens is 412 g/mol. The number of rotatable bonds is 11. The Balaban J connectivity index is 2.51. The number of benzene rings is 2. The van der Waals surface area contributed by atoms with Gasteiger partial charge in [-0.2, -0.15) is 8.42 Å². The highest BCUT2D eigenvalue weighted by molar-refractivity contribution is 7.85. The maximum atomic E-state index is 11.6. The quantitative estimate of drug-likeness (QED) is 0.493. The van der Waals surface area contributed by atoms with E-state index in [1.54, 1.807) is 59.8 Å². The zero-order chi connectivity index (χ0) is 22.3. The maximum absolute atomic E-state index is 11.6. The van der Waals surface area contributed by atoms with Crippen molar-refractivity contribution < 1.29 is 36.3 Å². The molecule has 0 aliphatic rings. The third-order valence-corrected chi connectivity index (χ3v) is 5.19. The molecule has 30 heavy (non-hydrogen) atoms. The summed E-state index contributed by atoms with van der Waals surface area (Å²) in [7, 11) is 4.12. The lowest BCUT2D eigenvalue weighted by molar-refractivity contribution is 0.289. The van der Waals surface area contributed by atoms with Gasteiger partial charge in [-0.05, 0) is 24.1 Å². The third-order valence-electron chi connectivity index (χ3n) is 4.63. The van der Waals surface area contributed by atoms with Crippen molar-refractivity contribution in [3.8, 4) is 28.7 Å². The van der Waals surface area contributed by atoms with Gasteiger partial charge in [0.05, 0.1) is 48.4 Å². The molecule has 0 radical (unpaired) electrons. The fraction of sp³-hybridized carbons (Fsp3) is 0.429. The van der Waals surface area contributed by atoms with Gasteiger partial charge in [0, 0.05) is 23.6 Å². The zero-order valence-corrected chi connectivity index (χ0v) is 18.9. The molecule has 166 valence electrons. The summed E-state index contributed by atoms with van der Waals surface area (Å²) in [5.41, 5.74) is 1.58. The SMILES string of the molecule is COc1cc(OC)c(C[C@H](COS(C)(=O)=O)c2ccc(OC)c(OC)c2)c(OC)c1. The fourth-order valence-electron chi connectivity index (χ4n) is 3.11. The molecule has 0 heterocycles. The molecule has 2 aromatic carbocycles. The van der Waals surface area contributed by atoms with Crippen LogP contribution in [0.3, 0.4) is 0 Å². The summed E-state index contributed by atoms with van der Waals surface area (Å²) in [6.07, 6.45) is 1.41. The second-order valence-corrected chi connectivity index (χ2v) is 8.16. The fourth-order valence-corrected chi connectivity index (χ4v) is 3.52. The van der Waals surface area contributed by atoms with Gasteiger partial charge in [-0.15, -0.1) is 0 Å². The van der Waals surface area contributed by atoms with E-state index >= 15 is 0 Å². The summed E-state index contributed by atoms with van der Waals surface area (Å²) in [6, 6.07) is 8.92. The van der Waals surface area contributed by atoms with Gasteiger partial charge in [0.15, 0.2) is 11.5 Å². The van der Waals surface area contributed by atoms with Gasteiger partial charge in [-0.1, -0.05) is 6.07 Å². The number of ether oxygens (including phenoxy) is 5. The average Bonchev–Trinajstić information content (AvgIpc) is 2.74. The van der Waals surface area contributed by atoms with Crippen molar-refractivity contribution in [2.75, 3.05) is 48.4 Å². The third kappa shape index (κ3) is 5.93. The second-order valence-electron chi connectivity index (χ2n) is 6.51. The summed E-state index contributed by atoms with van der Waals surface area (Å²) in [5.74, 6) is 2.49. The van der Waals surface area contributed by atoms with Gasteiger partial charge >= 0.3 is 0 Å². The van der Waals surface area contributed by atoms with E-state index in [1.807, 2.05) is 6.07 Å². The van der Waals surface area contributed by atoms with E-state index in [2.05, 4.69) is 0 Å². The Morgan fingerprint density at radius 2 is 1.33 bits per heavy atom. The first-order valence-electron chi connectivity index (χ1n) is 9.11. The van der Waals surface area contributed by atoms with Gasteiger partial charge in [0.1, 0.15) is 17.2 Å². The first-order valence-corrected chi connectivity index (χ1v) is 10.9. The molecule has 0 aromatic heterocycles. The molecule has 0 aliphatic heterocycles. The minimum Gasteiger partial charge on any atom is -0.496 e. The Bertz CT molecular complexity index is 930. The standard InChI is InChI=1S/C21H28O8S/c1-24-16-11-19(26-3)17(20(12-16)27-4)9-15(13-29-30(6,22)23)14-7-8-18(25-2)21(10-14)28-5/h7-8,10-12,15H,9,13H2,1-6H3/t15-/m1/s1. The molecule has 0 N–H and O–H groups in total. The van der Waals surface area contributed by atoms with Gasteiger partial charge in [-0.3, -0.25) is 4.18 Å². The highest BCUT2D eigenvalue weighted by Gasteiger charge is 2.23. The van der Waals surface area contributed by atoms with Crippen LogP contribution in [0.4, 0.5) is 0 Å². The Labute approximate surface area is 177 Å². The van der Waals surface area contributed by atoms with Gasteiger partial charge in [0.2, 0.25) is 0 Å². The van der Waals surface area contributed by atoms with Gasteiger partial charge < -0.3 is 23.7 Å². The largest absolute Gasteiger partial charge is 0.496 e. The lowest BCUT2D eigenvalue weighted by atomic mass is 9.91. The first kappa shape index (κ1) is 23.6. The Kier molecular flexibility index (Phi) is 8.19. The van der Waals surface area contributed by atoms with Gasteiger partial charge in [0.25, 0.3) is 10.1 Å². The topological polar surface area (TPSA) is 89.5 Å². The van der Waals surface area contributed by atoms with E-state index in [0.717, 1.165) is 17.4 Å². The number of hydrogen-bond donors (Lipinski definition) is 0. The van der Waals surface area contributed by atoms with Crippen LogP contribution in [0.1, 0.15) is 17.0 Å². The zero-order valence-electron chi connectivity index (χ0n) is 18.1. The molecule has 2 aromatic rings. The molecule has 0 unspecified atom stereocenters. The predicted octanol–water partition coefficient (Wildman–Crippen LogP) is 3.03. The number of hydrogen-bond acceptors (Lipinski definition) is 8. The smallest absolute Gasteiger partial charge is 0.264 e. The summed E-state index contributed by atoms with van der Waals surface area (Å²) < 4.78 is 55.5. The molecule has 0 aliphatic carbocycles. The molecule has 2 rings (SSSR count). The lowest BCUT2D eigenvalue weighted by Crippen LogP contribution is -2.15. The second kappa shape index (κ2) is 10.4. The van der Waals surface area contributed by atoms with Crippen LogP contribution in [0.25, 0.3) is 0 Å². The van der Waals surface area contributed by atoms with E-state index in [1.165, 1.54) is 0 Å². The van der Waals surface area contributed by atoms with E-state index in [0.29, 0.717) is 35.2 Å². The first-order chi connectivity index (χ1) is 14.3. The molecule has 0 fully saturated rings. The molecule has 0 saturated heterocycles. The number of methoxy groups -OCH3 is 5. The van der Waals surface area contributed by atoms with Crippen LogP contribution < -0.4 is 23.7 Å². The van der Waals surface area contributed by atoms with E-state index in [9.17, 15) is 8.42 Å². The summed E-state index contributed by atoms with van der Waals surface area (Å²) >= 11 is 0. The molecule has 8 nitrogen and oxygen atoms in total. The normalized spacial score (nSPS) is 12.2. The van der Waals surface area contributed by atoms with Crippen molar-refractivity contribution in [1.29, 1.82) is 0 Å². The van der Waals surface area contributed by atoms with Crippen molar-refractivity contribution in [2.45, 2.75) is 12.3 Å². The Morgan fingerprint density at radius 3 is 1.80 bits per heavy atom. The van der Waals surface area contributed by atoms with Crippen molar-refractivity contribution in [1.82, 2.24) is 0 Å². The van der Waals surface area contributed by atoms with Crippen LogP contribution >= 0.6 is 0 Å². The van der Waals surface area contributed by atoms with Gasteiger partial charge in [-0.25, -0.2) is 0 Å². The monoisotopic (exact) mass is 440 g/mol. The minimum absolute atomic E-state index is 0.0628. The van der Waals surface area contributed by atoms with Crippen LogP contribution in [0.5, 0.6) is 28.7 Å². The summed E-state index contributed by atoms with van der Waals surface area (Å²) in [5, 5.41) is 0. The molecule has 0 spiro atoms. The minimum atomic E-state index is -3.63.